The Morgan fingerprint density at radius 3 is 2.91 bits per heavy atom. The van der Waals surface area contributed by atoms with Crippen LogP contribution in [0.15, 0.2) is 0 Å². The van der Waals surface area contributed by atoms with Crippen molar-refractivity contribution in [3.8, 4) is 12.3 Å². The van der Waals surface area contributed by atoms with Crippen LogP contribution in [0.3, 0.4) is 0 Å². The second-order valence-corrected chi connectivity index (χ2v) is 9.31. The van der Waals surface area contributed by atoms with Gasteiger partial charge in [0.15, 0.2) is 0 Å². The Balaban J connectivity index is 1.59. The topological polar surface area (TPSA) is 66.4 Å². The Morgan fingerprint density at radius 2 is 2.17 bits per heavy atom. The smallest absolute Gasteiger partial charge is 0.333 e. The van der Waals surface area contributed by atoms with Crippen molar-refractivity contribution in [1.29, 1.82) is 0 Å². The van der Waals surface area contributed by atoms with Gasteiger partial charge in [-0.3, -0.25) is 0 Å². The molecule has 0 aromatic carbocycles. The van der Waals surface area contributed by atoms with Crippen molar-refractivity contribution >= 4 is 38.0 Å². The van der Waals surface area contributed by atoms with Crippen molar-refractivity contribution in [3.05, 3.63) is 0 Å². The van der Waals surface area contributed by atoms with Crippen LogP contribution in [0.5, 0.6) is 0 Å². The Labute approximate surface area is 146 Å². The number of aliphatic hydroxyl groups is 1. The lowest BCUT2D eigenvalue weighted by molar-refractivity contribution is -0.0752. The SMILES string of the molecule is [B][C@@H]1O[C@@H]2COP(O[C@@H]3CSSC[C@H]3OCC#C)OC2[C@@]1(C)O. The molecule has 0 aromatic heterocycles. The van der Waals surface area contributed by atoms with E-state index in [4.69, 9.17) is 37.3 Å². The van der Waals surface area contributed by atoms with Crippen LogP contribution in [0.25, 0.3) is 0 Å². The largest absolute Gasteiger partial charge is 0.385 e. The van der Waals surface area contributed by atoms with Gasteiger partial charge in [0.1, 0.15) is 38.4 Å². The summed E-state index contributed by atoms with van der Waals surface area (Å²) in [6.07, 6.45) is 4.03. The van der Waals surface area contributed by atoms with E-state index in [1.165, 1.54) is 0 Å². The summed E-state index contributed by atoms with van der Waals surface area (Å²) in [7, 11) is 7.64. The van der Waals surface area contributed by atoms with Crippen LogP contribution in [0.4, 0.5) is 0 Å². The molecule has 1 N–H and O–H groups in total. The molecule has 0 saturated carbocycles. The second kappa shape index (κ2) is 7.82. The van der Waals surface area contributed by atoms with Crippen LogP contribution in [0.2, 0.25) is 0 Å². The lowest BCUT2D eigenvalue weighted by Gasteiger charge is -2.37. The van der Waals surface area contributed by atoms with Crippen molar-refractivity contribution in [1.82, 2.24) is 0 Å². The highest BCUT2D eigenvalue weighted by atomic mass is 33.1. The molecule has 0 spiro atoms. The van der Waals surface area contributed by atoms with E-state index < -0.39 is 26.3 Å². The molecule has 3 aliphatic rings. The molecule has 3 rings (SSSR count). The average Bonchev–Trinajstić information content (AvgIpc) is 2.77. The summed E-state index contributed by atoms with van der Waals surface area (Å²) in [6, 6.07) is -0.801. The van der Waals surface area contributed by atoms with Crippen molar-refractivity contribution in [2.45, 2.75) is 42.9 Å². The molecule has 126 valence electrons. The quantitative estimate of drug-likeness (QED) is 0.338. The average molecular weight is 376 g/mol. The Kier molecular flexibility index (Phi) is 6.22. The van der Waals surface area contributed by atoms with Gasteiger partial charge in [0.25, 0.3) is 0 Å². The fourth-order valence-corrected chi connectivity index (χ4v) is 6.46. The van der Waals surface area contributed by atoms with Gasteiger partial charge in [0.05, 0.1) is 12.7 Å². The van der Waals surface area contributed by atoms with Gasteiger partial charge in [0.2, 0.25) is 0 Å². The highest BCUT2D eigenvalue weighted by molar-refractivity contribution is 8.76. The molecule has 0 bridgehead atoms. The van der Waals surface area contributed by atoms with Gasteiger partial charge in [-0.05, 0) is 6.92 Å². The van der Waals surface area contributed by atoms with E-state index in [9.17, 15) is 5.11 Å². The molecular formula is C13H18BO6PS2. The first kappa shape index (κ1) is 18.3. The first-order valence-corrected chi connectivity index (χ1v) is 10.8. The molecule has 23 heavy (non-hydrogen) atoms. The number of rotatable bonds is 4. The van der Waals surface area contributed by atoms with E-state index in [1.807, 2.05) is 0 Å². The first-order chi connectivity index (χ1) is 11.0. The molecule has 6 nitrogen and oxygen atoms in total. The molecule has 0 aromatic rings. The lowest BCUT2D eigenvalue weighted by Crippen LogP contribution is -2.49. The summed E-state index contributed by atoms with van der Waals surface area (Å²) >= 11 is 0. The maximum absolute atomic E-state index is 10.4. The minimum Gasteiger partial charge on any atom is -0.385 e. The van der Waals surface area contributed by atoms with Crippen molar-refractivity contribution in [2.75, 3.05) is 24.7 Å². The van der Waals surface area contributed by atoms with Crippen LogP contribution >= 0.6 is 30.2 Å². The highest BCUT2D eigenvalue weighted by Gasteiger charge is 2.55. The number of terminal acetylenes is 1. The summed E-state index contributed by atoms with van der Waals surface area (Å²) < 4.78 is 28.5. The number of ether oxygens (including phenoxy) is 2. The van der Waals surface area contributed by atoms with Gasteiger partial charge in [-0.25, -0.2) is 0 Å². The Bertz CT molecular complexity index is 464. The van der Waals surface area contributed by atoms with Crippen molar-refractivity contribution in [3.63, 3.8) is 0 Å². The van der Waals surface area contributed by atoms with E-state index in [-0.39, 0.29) is 31.5 Å². The summed E-state index contributed by atoms with van der Waals surface area (Å²) in [6.45, 7) is 2.13. The van der Waals surface area contributed by atoms with Gasteiger partial charge in [0, 0.05) is 17.5 Å². The molecule has 0 amide bonds. The minimum absolute atomic E-state index is 0.104. The van der Waals surface area contributed by atoms with E-state index in [0.717, 1.165) is 11.5 Å². The van der Waals surface area contributed by atoms with Crippen LogP contribution < -0.4 is 0 Å². The third-order valence-corrected chi connectivity index (χ3v) is 7.53. The van der Waals surface area contributed by atoms with Crippen LogP contribution in [-0.4, -0.2) is 73.7 Å². The normalized spacial score (nSPS) is 47.0. The summed E-state index contributed by atoms with van der Waals surface area (Å²) in [5.41, 5.74) is -1.27. The molecule has 7 atom stereocenters. The van der Waals surface area contributed by atoms with E-state index in [0.29, 0.717) is 0 Å². The Hall–Kier alpha value is 0.515. The zero-order chi connectivity index (χ0) is 16.4. The molecule has 3 fully saturated rings. The molecule has 2 unspecified atom stereocenters. The van der Waals surface area contributed by atoms with Gasteiger partial charge in [-0.2, -0.15) is 0 Å². The van der Waals surface area contributed by atoms with Crippen molar-refractivity contribution in [2.24, 2.45) is 0 Å². The van der Waals surface area contributed by atoms with E-state index in [1.54, 1.807) is 28.5 Å². The molecule has 10 heteroatoms. The maximum Gasteiger partial charge on any atom is 0.333 e. The zero-order valence-electron chi connectivity index (χ0n) is 12.6. The first-order valence-electron chi connectivity index (χ1n) is 7.22. The van der Waals surface area contributed by atoms with Crippen LogP contribution in [-0.2, 0) is 23.0 Å². The number of hydrogen-bond acceptors (Lipinski definition) is 8. The maximum atomic E-state index is 10.4. The van der Waals surface area contributed by atoms with Gasteiger partial charge >= 0.3 is 8.60 Å². The van der Waals surface area contributed by atoms with Crippen molar-refractivity contribution < 1.29 is 28.2 Å². The molecule has 3 aliphatic heterocycles. The van der Waals surface area contributed by atoms with Gasteiger partial charge in [-0.15, -0.1) is 6.42 Å². The minimum atomic E-state index is -1.60. The fourth-order valence-electron chi connectivity index (χ4n) is 2.51. The molecule has 2 radical (unpaired) electrons. The lowest BCUT2D eigenvalue weighted by atomic mass is 9.82. The number of hydrogen-bond donors (Lipinski definition) is 1. The Morgan fingerprint density at radius 1 is 1.43 bits per heavy atom. The zero-order valence-corrected chi connectivity index (χ0v) is 15.1. The van der Waals surface area contributed by atoms with Crippen LogP contribution in [0.1, 0.15) is 6.92 Å². The third kappa shape index (κ3) is 4.03. The summed E-state index contributed by atoms with van der Waals surface area (Å²) in [4.78, 5) is 0. The molecule has 3 heterocycles. The van der Waals surface area contributed by atoms with E-state index in [2.05, 4.69) is 5.92 Å². The monoisotopic (exact) mass is 376 g/mol. The summed E-state index contributed by atoms with van der Waals surface area (Å²) in [5, 5.41) is 10.4. The van der Waals surface area contributed by atoms with E-state index >= 15 is 0 Å². The van der Waals surface area contributed by atoms with Gasteiger partial charge in [-0.1, -0.05) is 27.5 Å². The second-order valence-electron chi connectivity index (χ2n) is 5.63. The predicted molar refractivity (Wildman–Crippen MR) is 91.1 cm³/mol. The van der Waals surface area contributed by atoms with Crippen LogP contribution in [0, 0.1) is 12.3 Å². The number of fused-ring (bicyclic) bond motifs is 1. The van der Waals surface area contributed by atoms with Gasteiger partial charge < -0.3 is 28.2 Å². The molecule has 0 aliphatic carbocycles. The molecular weight excluding hydrogens is 358 g/mol. The fraction of sp³-hybridized carbons (Fsp3) is 0.846. The third-order valence-electron chi connectivity index (χ3n) is 3.92. The summed E-state index contributed by atoms with van der Waals surface area (Å²) in [5.74, 6) is 4.02. The highest BCUT2D eigenvalue weighted by Crippen LogP contribution is 2.52. The predicted octanol–water partition coefficient (Wildman–Crippen LogP) is 1.07. The molecule has 3 saturated heterocycles. The standard InChI is InChI=1S/C13H18BO6PS2/c1-3-4-16-9-6-22-23-7-10(9)19-21-17-5-8-11(20-21)13(2,15)12(14)18-8/h1,8-12,15H,4-7H2,2H3/t8-,9-,10-,11?,12-,13-,21?/m1/s1.